The molecule has 1 saturated heterocycles. The molecular weight excluding hydrogens is 302 g/mol. The number of carbonyl (C=O) groups excluding carboxylic acids is 1. The lowest BCUT2D eigenvalue weighted by atomic mass is 9.94. The van der Waals surface area contributed by atoms with Gasteiger partial charge in [0.15, 0.2) is 0 Å². The highest BCUT2D eigenvalue weighted by atomic mass is 16.3. The summed E-state index contributed by atoms with van der Waals surface area (Å²) in [5.74, 6) is 2.63. The van der Waals surface area contributed by atoms with E-state index in [4.69, 9.17) is 4.42 Å². The first-order chi connectivity index (χ1) is 11.7. The van der Waals surface area contributed by atoms with E-state index < -0.39 is 0 Å². The first kappa shape index (κ1) is 15.5. The number of nitrogens with zero attached hydrogens (tertiary/aromatic N) is 3. The number of likely N-dealkylation sites (tertiary alicyclic amines) is 1. The molecule has 1 aliphatic carbocycles. The van der Waals surface area contributed by atoms with Crippen LogP contribution in [-0.4, -0.2) is 33.4 Å². The Labute approximate surface area is 142 Å². The van der Waals surface area contributed by atoms with Gasteiger partial charge >= 0.3 is 0 Å². The van der Waals surface area contributed by atoms with E-state index in [1.165, 1.54) is 37.0 Å². The van der Waals surface area contributed by atoms with Crippen molar-refractivity contribution in [3.8, 4) is 0 Å². The average molecular weight is 327 g/mol. The number of aromatic nitrogens is 2. The fourth-order valence-corrected chi connectivity index (χ4v) is 3.72. The highest BCUT2D eigenvalue weighted by Gasteiger charge is 2.28. The summed E-state index contributed by atoms with van der Waals surface area (Å²) < 4.78 is 7.45. The van der Waals surface area contributed by atoms with Crippen molar-refractivity contribution in [2.24, 2.45) is 11.8 Å². The molecule has 2 aliphatic rings. The predicted molar refractivity (Wildman–Crippen MR) is 90.7 cm³/mol. The van der Waals surface area contributed by atoms with Crippen molar-refractivity contribution in [1.29, 1.82) is 0 Å². The summed E-state index contributed by atoms with van der Waals surface area (Å²) in [6.07, 6.45) is 11.0. The van der Waals surface area contributed by atoms with Crippen LogP contribution >= 0.6 is 0 Å². The van der Waals surface area contributed by atoms with E-state index in [1.54, 1.807) is 12.3 Å². The molecule has 0 spiro atoms. The van der Waals surface area contributed by atoms with Gasteiger partial charge in [0.05, 0.1) is 11.8 Å². The molecule has 3 heterocycles. The van der Waals surface area contributed by atoms with Crippen LogP contribution in [0.3, 0.4) is 0 Å². The first-order valence-corrected chi connectivity index (χ1v) is 9.03. The monoisotopic (exact) mass is 327 g/mol. The van der Waals surface area contributed by atoms with Crippen molar-refractivity contribution in [2.45, 2.75) is 45.6 Å². The van der Waals surface area contributed by atoms with Crippen molar-refractivity contribution in [2.75, 3.05) is 13.1 Å². The molecule has 0 radical (unpaired) electrons. The van der Waals surface area contributed by atoms with E-state index in [9.17, 15) is 4.79 Å². The second kappa shape index (κ2) is 6.46. The van der Waals surface area contributed by atoms with Gasteiger partial charge in [0.1, 0.15) is 12.1 Å². The Morgan fingerprint density at radius 1 is 1.33 bits per heavy atom. The normalized spacial score (nSPS) is 21.2. The highest BCUT2D eigenvalue weighted by Crippen LogP contribution is 2.32. The summed E-state index contributed by atoms with van der Waals surface area (Å²) in [5, 5.41) is 0. The average Bonchev–Trinajstić information content (AvgIpc) is 3.12. The molecule has 1 saturated carbocycles. The summed E-state index contributed by atoms with van der Waals surface area (Å²) in [6, 6.07) is 1.75. The largest absolute Gasteiger partial charge is 0.472 e. The van der Waals surface area contributed by atoms with Gasteiger partial charge in [-0.05, 0) is 50.5 Å². The Kier molecular flexibility index (Phi) is 4.17. The summed E-state index contributed by atoms with van der Waals surface area (Å²) in [6.45, 7) is 4.93. The maximum absolute atomic E-state index is 12.5. The third-order valence-electron chi connectivity index (χ3n) is 5.32. The van der Waals surface area contributed by atoms with Crippen molar-refractivity contribution in [3.63, 3.8) is 0 Å². The summed E-state index contributed by atoms with van der Waals surface area (Å²) in [7, 11) is 0. The lowest BCUT2D eigenvalue weighted by Crippen LogP contribution is -2.40. The molecule has 4 rings (SSSR count). The lowest BCUT2D eigenvalue weighted by Gasteiger charge is -2.32. The number of carbonyl (C=O) groups is 1. The smallest absolute Gasteiger partial charge is 0.257 e. The molecule has 128 valence electrons. The van der Waals surface area contributed by atoms with E-state index in [1.807, 2.05) is 11.1 Å². The standard InChI is InChI=1S/C19H25N3O2/c1-14-10-20-18(22(14)12-15-4-5-15)9-16-3-2-7-21(11-16)19(23)17-6-8-24-13-17/h6,8,10,13,15-16H,2-5,7,9,11-12H2,1H3. The van der Waals surface area contributed by atoms with Crippen LogP contribution in [0.15, 0.2) is 29.2 Å². The Balaban J connectivity index is 1.42. The van der Waals surface area contributed by atoms with E-state index in [2.05, 4.69) is 16.5 Å². The topological polar surface area (TPSA) is 51.3 Å². The Bertz CT molecular complexity index is 700. The quantitative estimate of drug-likeness (QED) is 0.847. The number of furan rings is 1. The maximum atomic E-state index is 12.5. The highest BCUT2D eigenvalue weighted by molar-refractivity contribution is 5.93. The summed E-state index contributed by atoms with van der Waals surface area (Å²) >= 11 is 0. The van der Waals surface area contributed by atoms with Crippen LogP contribution in [0.2, 0.25) is 0 Å². The summed E-state index contributed by atoms with van der Waals surface area (Å²) in [4.78, 5) is 19.2. The molecule has 2 aromatic rings. The molecule has 24 heavy (non-hydrogen) atoms. The first-order valence-electron chi connectivity index (χ1n) is 9.03. The minimum Gasteiger partial charge on any atom is -0.472 e. The third kappa shape index (κ3) is 3.25. The second-order valence-corrected chi connectivity index (χ2v) is 7.35. The maximum Gasteiger partial charge on any atom is 0.257 e. The van der Waals surface area contributed by atoms with Crippen molar-refractivity contribution in [3.05, 3.63) is 41.9 Å². The minimum atomic E-state index is 0.0888. The Morgan fingerprint density at radius 2 is 2.21 bits per heavy atom. The van der Waals surface area contributed by atoms with Crippen LogP contribution in [0.5, 0.6) is 0 Å². The minimum absolute atomic E-state index is 0.0888. The number of aryl methyl sites for hydroxylation is 1. The van der Waals surface area contributed by atoms with E-state index >= 15 is 0 Å². The molecule has 0 aromatic carbocycles. The number of rotatable bonds is 5. The zero-order chi connectivity index (χ0) is 16.5. The molecule has 2 aromatic heterocycles. The van der Waals surface area contributed by atoms with Gasteiger partial charge in [-0.25, -0.2) is 4.98 Å². The Hall–Kier alpha value is -2.04. The van der Waals surface area contributed by atoms with Crippen LogP contribution in [0.4, 0.5) is 0 Å². The van der Waals surface area contributed by atoms with Crippen LogP contribution in [-0.2, 0) is 13.0 Å². The SMILES string of the molecule is Cc1cnc(CC2CCCN(C(=O)c3ccoc3)C2)n1CC1CC1. The molecule has 1 atom stereocenters. The van der Waals surface area contributed by atoms with Crippen LogP contribution in [0, 0.1) is 18.8 Å². The molecule has 5 nitrogen and oxygen atoms in total. The molecular formula is C19H25N3O2. The molecule has 1 aliphatic heterocycles. The number of amides is 1. The lowest BCUT2D eigenvalue weighted by molar-refractivity contribution is 0.0671. The van der Waals surface area contributed by atoms with Gasteiger partial charge in [-0.2, -0.15) is 0 Å². The number of imidazole rings is 1. The molecule has 0 bridgehead atoms. The number of piperidine rings is 1. The zero-order valence-corrected chi connectivity index (χ0v) is 14.3. The van der Waals surface area contributed by atoms with Gasteiger partial charge in [-0.1, -0.05) is 0 Å². The van der Waals surface area contributed by atoms with E-state index in [-0.39, 0.29) is 5.91 Å². The van der Waals surface area contributed by atoms with Crippen LogP contribution < -0.4 is 0 Å². The van der Waals surface area contributed by atoms with Gasteiger partial charge < -0.3 is 13.9 Å². The fraction of sp³-hybridized carbons (Fsp3) is 0.579. The Morgan fingerprint density at radius 3 is 2.96 bits per heavy atom. The molecule has 1 amide bonds. The predicted octanol–water partition coefficient (Wildman–Crippen LogP) is 3.29. The second-order valence-electron chi connectivity index (χ2n) is 7.35. The molecule has 1 unspecified atom stereocenters. The van der Waals surface area contributed by atoms with Gasteiger partial charge in [-0.15, -0.1) is 0 Å². The molecule has 2 fully saturated rings. The molecule has 5 heteroatoms. The number of hydrogen-bond donors (Lipinski definition) is 0. The number of hydrogen-bond acceptors (Lipinski definition) is 3. The van der Waals surface area contributed by atoms with E-state index in [0.717, 1.165) is 38.4 Å². The summed E-state index contributed by atoms with van der Waals surface area (Å²) in [5.41, 5.74) is 1.92. The fourth-order valence-electron chi connectivity index (χ4n) is 3.72. The van der Waals surface area contributed by atoms with Crippen LogP contribution in [0.1, 0.15) is 47.6 Å². The zero-order valence-electron chi connectivity index (χ0n) is 14.3. The third-order valence-corrected chi connectivity index (χ3v) is 5.32. The van der Waals surface area contributed by atoms with E-state index in [0.29, 0.717) is 11.5 Å². The van der Waals surface area contributed by atoms with Gasteiger partial charge in [-0.3, -0.25) is 4.79 Å². The molecule has 0 N–H and O–H groups in total. The van der Waals surface area contributed by atoms with Crippen LogP contribution in [0.25, 0.3) is 0 Å². The van der Waals surface area contributed by atoms with Gasteiger partial charge in [0.2, 0.25) is 0 Å². The van der Waals surface area contributed by atoms with Crippen molar-refractivity contribution < 1.29 is 9.21 Å². The van der Waals surface area contributed by atoms with Gasteiger partial charge in [0, 0.05) is 37.9 Å². The van der Waals surface area contributed by atoms with Crippen molar-refractivity contribution >= 4 is 5.91 Å². The van der Waals surface area contributed by atoms with Gasteiger partial charge in [0.25, 0.3) is 5.91 Å². The van der Waals surface area contributed by atoms with Crippen molar-refractivity contribution in [1.82, 2.24) is 14.5 Å².